The van der Waals surface area contributed by atoms with Crippen LogP contribution in [0.25, 0.3) is 0 Å². The van der Waals surface area contributed by atoms with Crippen molar-refractivity contribution in [3.05, 3.63) is 29.0 Å². The summed E-state index contributed by atoms with van der Waals surface area (Å²) in [5.74, 6) is 1.43. The zero-order valence-electron chi connectivity index (χ0n) is 13.3. The summed E-state index contributed by atoms with van der Waals surface area (Å²) in [7, 11) is 0. The van der Waals surface area contributed by atoms with Crippen molar-refractivity contribution in [3.63, 3.8) is 0 Å². The van der Waals surface area contributed by atoms with Gasteiger partial charge < -0.3 is 10.1 Å². The Morgan fingerprint density at radius 1 is 1.14 bits per heavy atom. The molecule has 1 N–H and O–H groups in total. The number of nitrogens with zero attached hydrogens (tertiary/aromatic N) is 1. The van der Waals surface area contributed by atoms with Gasteiger partial charge in [0.05, 0.1) is 10.7 Å². The van der Waals surface area contributed by atoms with Crippen molar-refractivity contribution in [2.24, 2.45) is 5.92 Å². The Morgan fingerprint density at radius 3 is 2.64 bits per heavy atom. The van der Waals surface area contributed by atoms with Crippen molar-refractivity contribution in [3.8, 4) is 0 Å². The molecule has 4 heteroatoms. The van der Waals surface area contributed by atoms with Crippen molar-refractivity contribution in [2.75, 3.05) is 19.8 Å². The highest BCUT2D eigenvalue weighted by molar-refractivity contribution is 6.31. The van der Waals surface area contributed by atoms with Crippen LogP contribution in [0.15, 0.2) is 18.3 Å². The summed E-state index contributed by atoms with van der Waals surface area (Å²) in [4.78, 5) is 4.49. The first-order chi connectivity index (χ1) is 10.8. The molecule has 1 aromatic heterocycles. The maximum absolute atomic E-state index is 6.28. The summed E-state index contributed by atoms with van der Waals surface area (Å²) in [6.45, 7) is 3.01. The largest absolute Gasteiger partial charge is 0.381 e. The summed E-state index contributed by atoms with van der Waals surface area (Å²) in [6, 6.07) is 4.56. The number of pyridine rings is 1. The Hall–Kier alpha value is -0.640. The van der Waals surface area contributed by atoms with E-state index in [4.69, 9.17) is 16.3 Å². The zero-order chi connectivity index (χ0) is 15.2. The second-order valence-electron chi connectivity index (χ2n) is 6.72. The van der Waals surface area contributed by atoms with Crippen LogP contribution in [-0.4, -0.2) is 30.8 Å². The van der Waals surface area contributed by atoms with Crippen molar-refractivity contribution in [1.29, 1.82) is 0 Å². The Morgan fingerprint density at radius 2 is 1.91 bits per heavy atom. The fourth-order valence-corrected chi connectivity index (χ4v) is 4.09. The van der Waals surface area contributed by atoms with E-state index in [2.05, 4.69) is 10.3 Å². The topological polar surface area (TPSA) is 34.2 Å². The van der Waals surface area contributed by atoms with Crippen LogP contribution in [0.4, 0.5) is 0 Å². The highest BCUT2D eigenvalue weighted by Gasteiger charge is 2.24. The smallest absolute Gasteiger partial charge is 0.0624 e. The minimum Gasteiger partial charge on any atom is -0.381 e. The van der Waals surface area contributed by atoms with Gasteiger partial charge in [0.15, 0.2) is 0 Å². The Bertz CT molecular complexity index is 454. The molecule has 1 aliphatic carbocycles. The average Bonchev–Trinajstić information content (AvgIpc) is 2.57. The van der Waals surface area contributed by atoms with Crippen molar-refractivity contribution in [1.82, 2.24) is 10.3 Å². The van der Waals surface area contributed by atoms with Crippen LogP contribution in [0.3, 0.4) is 0 Å². The summed E-state index contributed by atoms with van der Waals surface area (Å²) in [5.41, 5.74) is 1.11. The molecule has 0 aromatic carbocycles. The van der Waals surface area contributed by atoms with Crippen LogP contribution >= 0.6 is 11.6 Å². The van der Waals surface area contributed by atoms with Gasteiger partial charge in [0, 0.05) is 31.4 Å². The molecule has 0 amide bonds. The van der Waals surface area contributed by atoms with E-state index < -0.39 is 0 Å². The highest BCUT2D eigenvalue weighted by atomic mass is 35.5. The van der Waals surface area contributed by atoms with Gasteiger partial charge in [0.25, 0.3) is 0 Å². The Balaban J connectivity index is 1.37. The molecule has 22 heavy (non-hydrogen) atoms. The molecule has 2 heterocycles. The molecule has 0 spiro atoms. The van der Waals surface area contributed by atoms with E-state index in [1.165, 1.54) is 44.9 Å². The van der Waals surface area contributed by atoms with Crippen molar-refractivity contribution in [2.45, 2.75) is 56.9 Å². The fourth-order valence-electron chi connectivity index (χ4n) is 3.82. The SMILES string of the molecule is Clc1cccnc1C1CCC(CCNC2CCOCC2)CC1. The highest BCUT2D eigenvalue weighted by Crippen LogP contribution is 2.38. The summed E-state index contributed by atoms with van der Waals surface area (Å²) in [5, 5.41) is 4.55. The van der Waals surface area contributed by atoms with Gasteiger partial charge in [-0.2, -0.15) is 0 Å². The average molecular weight is 323 g/mol. The first kappa shape index (κ1) is 16.2. The van der Waals surface area contributed by atoms with E-state index in [9.17, 15) is 0 Å². The first-order valence-electron chi connectivity index (χ1n) is 8.74. The van der Waals surface area contributed by atoms with Crippen LogP contribution in [0, 0.1) is 5.92 Å². The molecule has 3 rings (SSSR count). The van der Waals surface area contributed by atoms with Crippen LogP contribution < -0.4 is 5.32 Å². The minimum atomic E-state index is 0.563. The molecule has 0 radical (unpaired) electrons. The lowest BCUT2D eigenvalue weighted by atomic mass is 9.79. The monoisotopic (exact) mass is 322 g/mol. The van der Waals surface area contributed by atoms with Gasteiger partial charge in [-0.15, -0.1) is 0 Å². The fraction of sp³-hybridized carbons (Fsp3) is 0.722. The molecule has 0 bridgehead atoms. The molecule has 0 unspecified atom stereocenters. The number of aromatic nitrogens is 1. The maximum Gasteiger partial charge on any atom is 0.0624 e. The molecule has 2 fully saturated rings. The summed E-state index contributed by atoms with van der Waals surface area (Å²) < 4.78 is 5.40. The number of hydrogen-bond donors (Lipinski definition) is 1. The first-order valence-corrected chi connectivity index (χ1v) is 9.12. The van der Waals surface area contributed by atoms with Crippen LogP contribution in [0.2, 0.25) is 5.02 Å². The van der Waals surface area contributed by atoms with Gasteiger partial charge in [-0.3, -0.25) is 4.98 Å². The Kier molecular flexibility index (Phi) is 6.11. The predicted octanol–water partition coefficient (Wildman–Crippen LogP) is 4.17. The molecule has 1 saturated carbocycles. The zero-order valence-corrected chi connectivity index (χ0v) is 14.0. The van der Waals surface area contributed by atoms with Crippen LogP contribution in [0.5, 0.6) is 0 Å². The summed E-state index contributed by atoms with van der Waals surface area (Å²) >= 11 is 6.28. The third-order valence-corrected chi connectivity index (χ3v) is 5.55. The van der Waals surface area contributed by atoms with Gasteiger partial charge >= 0.3 is 0 Å². The molecule has 1 aromatic rings. The second kappa shape index (κ2) is 8.28. The van der Waals surface area contributed by atoms with Crippen LogP contribution in [0.1, 0.15) is 56.6 Å². The summed E-state index contributed by atoms with van der Waals surface area (Å²) in [6.07, 6.45) is 10.6. The molecule has 1 aliphatic heterocycles. The molecule has 2 aliphatic rings. The number of ether oxygens (including phenoxy) is 1. The molecular formula is C18H27ClN2O. The van der Waals surface area contributed by atoms with Crippen molar-refractivity contribution < 1.29 is 4.74 Å². The van der Waals surface area contributed by atoms with Crippen molar-refractivity contribution >= 4 is 11.6 Å². The Labute approximate surface area is 138 Å². The van der Waals surface area contributed by atoms with Gasteiger partial charge in [0.2, 0.25) is 0 Å². The number of hydrogen-bond acceptors (Lipinski definition) is 3. The van der Waals surface area contributed by atoms with Gasteiger partial charge in [-0.25, -0.2) is 0 Å². The van der Waals surface area contributed by atoms with E-state index in [1.807, 2.05) is 18.3 Å². The van der Waals surface area contributed by atoms with E-state index in [0.717, 1.165) is 36.4 Å². The lowest BCUT2D eigenvalue weighted by Gasteiger charge is -2.29. The van der Waals surface area contributed by atoms with Gasteiger partial charge in [0.1, 0.15) is 0 Å². The molecule has 1 saturated heterocycles. The molecular weight excluding hydrogens is 296 g/mol. The lowest BCUT2D eigenvalue weighted by Crippen LogP contribution is -2.36. The molecule has 122 valence electrons. The van der Waals surface area contributed by atoms with E-state index >= 15 is 0 Å². The van der Waals surface area contributed by atoms with E-state index in [-0.39, 0.29) is 0 Å². The standard InChI is InChI=1S/C18H27ClN2O/c19-17-2-1-10-21-18(17)15-5-3-14(4-6-15)7-11-20-16-8-12-22-13-9-16/h1-2,10,14-16,20H,3-9,11-13H2. The third kappa shape index (κ3) is 4.43. The molecule has 0 atom stereocenters. The maximum atomic E-state index is 6.28. The third-order valence-electron chi connectivity index (χ3n) is 5.23. The molecule has 3 nitrogen and oxygen atoms in total. The van der Waals surface area contributed by atoms with E-state index in [0.29, 0.717) is 12.0 Å². The predicted molar refractivity (Wildman–Crippen MR) is 90.4 cm³/mol. The number of nitrogens with one attached hydrogen (secondary N) is 1. The van der Waals surface area contributed by atoms with Gasteiger partial charge in [-0.05, 0) is 69.5 Å². The second-order valence-corrected chi connectivity index (χ2v) is 7.12. The number of halogens is 1. The normalized spacial score (nSPS) is 27.0. The minimum absolute atomic E-state index is 0.563. The van der Waals surface area contributed by atoms with E-state index in [1.54, 1.807) is 0 Å². The quantitative estimate of drug-likeness (QED) is 0.883. The lowest BCUT2D eigenvalue weighted by molar-refractivity contribution is 0.0775. The van der Waals surface area contributed by atoms with Gasteiger partial charge in [-0.1, -0.05) is 11.6 Å². The number of rotatable bonds is 5. The van der Waals surface area contributed by atoms with Crippen LogP contribution in [-0.2, 0) is 4.74 Å².